The zero-order chi connectivity index (χ0) is 13.0. The van der Waals surface area contributed by atoms with E-state index < -0.39 is 5.97 Å². The second kappa shape index (κ2) is 4.97. The number of benzene rings is 1. The molecule has 1 heterocycles. The van der Waals surface area contributed by atoms with Crippen LogP contribution < -0.4 is 5.32 Å². The van der Waals surface area contributed by atoms with Gasteiger partial charge in [-0.1, -0.05) is 0 Å². The highest BCUT2D eigenvalue weighted by atomic mass is 16.4. The summed E-state index contributed by atoms with van der Waals surface area (Å²) in [7, 11) is 0. The van der Waals surface area contributed by atoms with Gasteiger partial charge in [0.2, 0.25) is 0 Å². The van der Waals surface area contributed by atoms with E-state index in [1.807, 2.05) is 6.07 Å². The molecule has 2 N–H and O–H groups in total. The van der Waals surface area contributed by atoms with Gasteiger partial charge in [0.1, 0.15) is 6.07 Å². The third-order valence-electron chi connectivity index (χ3n) is 2.32. The molecule has 0 aliphatic carbocycles. The molecule has 0 unspecified atom stereocenters. The summed E-state index contributed by atoms with van der Waals surface area (Å²) in [6.07, 6.45) is 1.54. The summed E-state index contributed by atoms with van der Waals surface area (Å²) in [6, 6.07) is 11.7. The van der Waals surface area contributed by atoms with Gasteiger partial charge in [0.15, 0.2) is 5.69 Å². The molecule has 0 fully saturated rings. The molecule has 88 valence electrons. The number of pyridine rings is 1. The van der Waals surface area contributed by atoms with Gasteiger partial charge in [0.05, 0.1) is 11.3 Å². The zero-order valence-electron chi connectivity index (χ0n) is 9.29. The summed E-state index contributed by atoms with van der Waals surface area (Å²) < 4.78 is 0. The van der Waals surface area contributed by atoms with Crippen LogP contribution in [-0.4, -0.2) is 16.1 Å². The molecule has 0 radical (unpaired) electrons. The van der Waals surface area contributed by atoms with E-state index in [2.05, 4.69) is 10.3 Å². The smallest absolute Gasteiger partial charge is 0.335 e. The fourth-order valence-corrected chi connectivity index (χ4v) is 1.45. The van der Waals surface area contributed by atoms with Crippen molar-refractivity contribution in [3.8, 4) is 6.07 Å². The number of hydrogen-bond donors (Lipinski definition) is 2. The van der Waals surface area contributed by atoms with Gasteiger partial charge in [0.25, 0.3) is 0 Å². The predicted octanol–water partition coefficient (Wildman–Crippen LogP) is 2.40. The van der Waals surface area contributed by atoms with Crippen molar-refractivity contribution in [2.75, 3.05) is 5.32 Å². The fraction of sp³-hybridized carbons (Fsp3) is 0. The van der Waals surface area contributed by atoms with Crippen LogP contribution in [0.5, 0.6) is 0 Å². The first-order chi connectivity index (χ1) is 8.70. The van der Waals surface area contributed by atoms with Crippen molar-refractivity contribution >= 4 is 17.3 Å². The van der Waals surface area contributed by atoms with Gasteiger partial charge in [-0.25, -0.2) is 9.78 Å². The number of nitrogens with zero attached hydrogens (tertiary/aromatic N) is 2. The van der Waals surface area contributed by atoms with Gasteiger partial charge in [-0.3, -0.25) is 0 Å². The van der Waals surface area contributed by atoms with Crippen LogP contribution in [-0.2, 0) is 0 Å². The number of nitriles is 1. The Morgan fingerprint density at radius 3 is 2.61 bits per heavy atom. The van der Waals surface area contributed by atoms with Crippen LogP contribution in [0.3, 0.4) is 0 Å². The molecule has 2 rings (SSSR count). The van der Waals surface area contributed by atoms with Gasteiger partial charge < -0.3 is 10.4 Å². The predicted molar refractivity (Wildman–Crippen MR) is 65.6 cm³/mol. The van der Waals surface area contributed by atoms with E-state index in [-0.39, 0.29) is 5.56 Å². The summed E-state index contributed by atoms with van der Waals surface area (Å²) in [4.78, 5) is 14.6. The largest absolute Gasteiger partial charge is 0.478 e. The van der Waals surface area contributed by atoms with Gasteiger partial charge in [-0.05, 0) is 36.4 Å². The van der Waals surface area contributed by atoms with Crippen LogP contribution in [0.4, 0.5) is 11.4 Å². The number of aromatic carboxylic acids is 1. The molecule has 0 bridgehead atoms. The van der Waals surface area contributed by atoms with Gasteiger partial charge in [-0.2, -0.15) is 5.26 Å². The van der Waals surface area contributed by atoms with Crippen LogP contribution in [0.15, 0.2) is 42.6 Å². The Hall–Kier alpha value is -2.87. The zero-order valence-corrected chi connectivity index (χ0v) is 9.29. The van der Waals surface area contributed by atoms with Crippen LogP contribution in [0.1, 0.15) is 16.1 Å². The van der Waals surface area contributed by atoms with Gasteiger partial charge >= 0.3 is 5.97 Å². The van der Waals surface area contributed by atoms with E-state index in [1.165, 1.54) is 18.3 Å². The maximum Gasteiger partial charge on any atom is 0.335 e. The molecule has 0 spiro atoms. The average molecular weight is 239 g/mol. The molecule has 18 heavy (non-hydrogen) atoms. The topological polar surface area (TPSA) is 86.0 Å². The molecule has 0 amide bonds. The normalized spacial score (nSPS) is 9.50. The molecule has 5 heteroatoms. The number of carboxylic acid groups (broad SMARTS) is 1. The number of anilines is 2. The molecule has 2 aromatic rings. The highest BCUT2D eigenvalue weighted by Crippen LogP contribution is 2.19. The second-order valence-electron chi connectivity index (χ2n) is 3.52. The van der Waals surface area contributed by atoms with E-state index in [0.717, 1.165) is 0 Å². The third kappa shape index (κ3) is 2.44. The van der Waals surface area contributed by atoms with Crippen molar-refractivity contribution in [3.63, 3.8) is 0 Å². The van der Waals surface area contributed by atoms with Crippen molar-refractivity contribution in [1.29, 1.82) is 5.26 Å². The highest BCUT2D eigenvalue weighted by Gasteiger charge is 2.04. The standard InChI is InChI=1S/C13H9N3O2/c14-8-12-11(2-1-7-15-12)16-10-5-3-9(4-6-10)13(17)18/h1-7,16H,(H,17,18). The molecule has 5 nitrogen and oxygen atoms in total. The van der Waals surface area contributed by atoms with E-state index in [9.17, 15) is 4.79 Å². The number of aromatic nitrogens is 1. The first kappa shape index (κ1) is 11.6. The summed E-state index contributed by atoms with van der Waals surface area (Å²) in [6.45, 7) is 0. The summed E-state index contributed by atoms with van der Waals surface area (Å²) >= 11 is 0. The third-order valence-corrected chi connectivity index (χ3v) is 2.32. The second-order valence-corrected chi connectivity index (χ2v) is 3.52. The van der Waals surface area contributed by atoms with Crippen LogP contribution in [0, 0.1) is 11.3 Å². The Kier molecular flexibility index (Phi) is 3.21. The Morgan fingerprint density at radius 2 is 2.00 bits per heavy atom. The van der Waals surface area contributed by atoms with Crippen LogP contribution in [0.25, 0.3) is 0 Å². The maximum atomic E-state index is 10.7. The lowest BCUT2D eigenvalue weighted by molar-refractivity contribution is 0.0697. The van der Waals surface area contributed by atoms with Gasteiger partial charge in [-0.15, -0.1) is 0 Å². The Balaban J connectivity index is 2.24. The molecule has 0 aliphatic rings. The van der Waals surface area contributed by atoms with Crippen molar-refractivity contribution in [2.24, 2.45) is 0 Å². The SMILES string of the molecule is N#Cc1ncccc1Nc1ccc(C(=O)O)cc1. The maximum absolute atomic E-state index is 10.7. The lowest BCUT2D eigenvalue weighted by Crippen LogP contribution is -1.98. The minimum Gasteiger partial charge on any atom is -0.478 e. The first-order valence-corrected chi connectivity index (χ1v) is 5.16. The van der Waals surface area contributed by atoms with Crippen LogP contribution in [0.2, 0.25) is 0 Å². The van der Waals surface area contributed by atoms with Crippen LogP contribution >= 0.6 is 0 Å². The molecule has 1 aromatic carbocycles. The lowest BCUT2D eigenvalue weighted by Gasteiger charge is -2.07. The summed E-state index contributed by atoms with van der Waals surface area (Å²) in [5, 5.41) is 20.7. The molecule has 0 saturated carbocycles. The minimum atomic E-state index is -0.972. The summed E-state index contributed by atoms with van der Waals surface area (Å²) in [5.41, 5.74) is 1.79. The van der Waals surface area contributed by atoms with Crippen molar-refractivity contribution in [3.05, 3.63) is 53.9 Å². The molecular weight excluding hydrogens is 230 g/mol. The fourth-order valence-electron chi connectivity index (χ4n) is 1.45. The number of rotatable bonds is 3. The Labute approximate surface area is 103 Å². The van der Waals surface area contributed by atoms with E-state index in [0.29, 0.717) is 17.1 Å². The molecule has 1 aromatic heterocycles. The number of nitrogens with one attached hydrogen (secondary N) is 1. The van der Waals surface area contributed by atoms with E-state index in [1.54, 1.807) is 24.3 Å². The number of carbonyl (C=O) groups is 1. The Morgan fingerprint density at radius 1 is 1.28 bits per heavy atom. The van der Waals surface area contributed by atoms with E-state index in [4.69, 9.17) is 10.4 Å². The van der Waals surface area contributed by atoms with E-state index >= 15 is 0 Å². The van der Waals surface area contributed by atoms with Gasteiger partial charge in [0, 0.05) is 11.9 Å². The first-order valence-electron chi connectivity index (χ1n) is 5.16. The quantitative estimate of drug-likeness (QED) is 0.858. The minimum absolute atomic E-state index is 0.215. The van der Waals surface area contributed by atoms with Crippen molar-refractivity contribution in [1.82, 2.24) is 4.98 Å². The summed E-state index contributed by atoms with van der Waals surface area (Å²) in [5.74, 6) is -0.972. The Bertz CT molecular complexity index is 615. The monoisotopic (exact) mass is 239 g/mol. The number of hydrogen-bond acceptors (Lipinski definition) is 4. The molecule has 0 atom stereocenters. The lowest BCUT2D eigenvalue weighted by atomic mass is 10.2. The van der Waals surface area contributed by atoms with Crippen molar-refractivity contribution < 1.29 is 9.90 Å². The average Bonchev–Trinajstić information content (AvgIpc) is 2.40. The molecular formula is C13H9N3O2. The highest BCUT2D eigenvalue weighted by molar-refractivity contribution is 5.88. The molecule has 0 aliphatic heterocycles. The number of carboxylic acids is 1. The molecule has 0 saturated heterocycles. The van der Waals surface area contributed by atoms with Crippen molar-refractivity contribution in [2.45, 2.75) is 0 Å².